The van der Waals surface area contributed by atoms with Crippen LogP contribution in [0.25, 0.3) is 0 Å². The van der Waals surface area contributed by atoms with E-state index in [9.17, 15) is 19.8 Å². The van der Waals surface area contributed by atoms with E-state index in [0.29, 0.717) is 19.3 Å². The zero-order valence-electron chi connectivity index (χ0n) is 38.9. The van der Waals surface area contributed by atoms with E-state index in [1.54, 1.807) is 0 Å². The highest BCUT2D eigenvalue weighted by atomic mass is 16.5. The standard InChI is InChI=1S/C52H99NO5/c1-4-7-10-13-16-19-22-24-25-26-27-28-30-33-36-39-42-45-52(57)58-48(43-40-37-34-31-29-23-20-17-14-11-8-5-2)46-51(56)53-49(47-54)50(55)44-41-38-35-32-21-18-15-12-9-6-3/h24-25,31,34,48-50,54-55H,4-23,26-30,32-33,35-47H2,1-3H3,(H,53,56)/b25-24+,34-31-. The minimum atomic E-state index is -0.790. The monoisotopic (exact) mass is 818 g/mol. The fourth-order valence-electron chi connectivity index (χ4n) is 7.84. The second-order valence-corrected chi connectivity index (χ2v) is 17.6. The average molecular weight is 818 g/mol. The molecule has 342 valence electrons. The summed E-state index contributed by atoms with van der Waals surface area (Å²) in [6.07, 6.45) is 52.4. The van der Waals surface area contributed by atoms with Gasteiger partial charge in [-0.2, -0.15) is 0 Å². The summed E-state index contributed by atoms with van der Waals surface area (Å²) in [5, 5.41) is 23.7. The Morgan fingerprint density at radius 1 is 0.483 bits per heavy atom. The molecule has 0 fully saturated rings. The molecule has 58 heavy (non-hydrogen) atoms. The predicted molar refractivity (Wildman–Crippen MR) is 250 cm³/mol. The summed E-state index contributed by atoms with van der Waals surface area (Å²) in [4.78, 5) is 26.1. The molecule has 3 N–H and O–H groups in total. The van der Waals surface area contributed by atoms with Crippen molar-refractivity contribution in [3.63, 3.8) is 0 Å². The van der Waals surface area contributed by atoms with E-state index in [4.69, 9.17) is 4.74 Å². The van der Waals surface area contributed by atoms with Gasteiger partial charge in [0.1, 0.15) is 6.10 Å². The van der Waals surface area contributed by atoms with Gasteiger partial charge in [-0.25, -0.2) is 0 Å². The van der Waals surface area contributed by atoms with Crippen molar-refractivity contribution in [2.24, 2.45) is 0 Å². The van der Waals surface area contributed by atoms with Crippen molar-refractivity contribution in [1.29, 1.82) is 0 Å². The van der Waals surface area contributed by atoms with Crippen LogP contribution in [-0.2, 0) is 14.3 Å². The molecule has 1 amide bonds. The van der Waals surface area contributed by atoms with Gasteiger partial charge in [-0.1, -0.05) is 212 Å². The Morgan fingerprint density at radius 3 is 1.26 bits per heavy atom. The van der Waals surface area contributed by atoms with Gasteiger partial charge < -0.3 is 20.3 Å². The van der Waals surface area contributed by atoms with Crippen LogP contribution < -0.4 is 5.32 Å². The Hall–Kier alpha value is -1.66. The van der Waals surface area contributed by atoms with Crippen molar-refractivity contribution in [1.82, 2.24) is 5.32 Å². The number of nitrogens with one attached hydrogen (secondary N) is 1. The smallest absolute Gasteiger partial charge is 0.306 e. The third-order valence-electron chi connectivity index (χ3n) is 11.8. The molecular weight excluding hydrogens is 719 g/mol. The quantitative estimate of drug-likeness (QED) is 0.0323. The summed E-state index contributed by atoms with van der Waals surface area (Å²) < 4.78 is 5.91. The van der Waals surface area contributed by atoms with E-state index >= 15 is 0 Å². The zero-order chi connectivity index (χ0) is 42.4. The molecule has 0 bridgehead atoms. The molecule has 0 spiro atoms. The van der Waals surface area contributed by atoms with Crippen LogP contribution in [0.4, 0.5) is 0 Å². The molecule has 0 saturated heterocycles. The second kappa shape index (κ2) is 46.4. The fourth-order valence-corrected chi connectivity index (χ4v) is 7.84. The Bertz CT molecular complexity index is 919. The molecule has 0 aromatic heterocycles. The maximum absolute atomic E-state index is 13.2. The van der Waals surface area contributed by atoms with Gasteiger partial charge in [0.15, 0.2) is 0 Å². The highest BCUT2D eigenvalue weighted by molar-refractivity contribution is 5.77. The molecule has 0 aromatic rings. The van der Waals surface area contributed by atoms with E-state index in [1.165, 1.54) is 167 Å². The van der Waals surface area contributed by atoms with Crippen LogP contribution in [0.5, 0.6) is 0 Å². The zero-order valence-corrected chi connectivity index (χ0v) is 38.9. The van der Waals surface area contributed by atoms with Gasteiger partial charge in [-0.3, -0.25) is 9.59 Å². The lowest BCUT2D eigenvalue weighted by Crippen LogP contribution is -2.46. The van der Waals surface area contributed by atoms with Gasteiger partial charge in [0.25, 0.3) is 0 Å². The summed E-state index contributed by atoms with van der Waals surface area (Å²) in [7, 11) is 0. The number of esters is 1. The summed E-state index contributed by atoms with van der Waals surface area (Å²) >= 11 is 0. The van der Waals surface area contributed by atoms with Crippen LogP contribution in [0, 0.1) is 0 Å². The highest BCUT2D eigenvalue weighted by Crippen LogP contribution is 2.17. The lowest BCUT2D eigenvalue weighted by Gasteiger charge is -2.24. The molecule has 0 aliphatic carbocycles. The number of rotatable bonds is 46. The number of amides is 1. The Kier molecular flexibility index (Phi) is 45.1. The Labute approximate surface area is 361 Å². The first kappa shape index (κ1) is 56.3. The van der Waals surface area contributed by atoms with Crippen molar-refractivity contribution >= 4 is 11.9 Å². The minimum absolute atomic E-state index is 0.0587. The van der Waals surface area contributed by atoms with Gasteiger partial charge in [-0.05, 0) is 70.6 Å². The van der Waals surface area contributed by atoms with Crippen LogP contribution in [0.1, 0.15) is 271 Å². The van der Waals surface area contributed by atoms with Crippen molar-refractivity contribution in [2.45, 2.75) is 289 Å². The maximum Gasteiger partial charge on any atom is 0.306 e. The summed E-state index contributed by atoms with van der Waals surface area (Å²) in [5.74, 6) is -0.499. The number of ether oxygens (including phenoxy) is 1. The number of allylic oxidation sites excluding steroid dienone is 4. The number of carbonyl (C=O) groups excluding carboxylic acids is 2. The fraction of sp³-hybridized carbons (Fsp3) is 0.885. The van der Waals surface area contributed by atoms with Crippen molar-refractivity contribution in [3.8, 4) is 0 Å². The summed E-state index contributed by atoms with van der Waals surface area (Å²) in [6.45, 7) is 6.46. The molecule has 0 aliphatic heterocycles. The third-order valence-corrected chi connectivity index (χ3v) is 11.8. The molecule has 0 rings (SSSR count). The minimum Gasteiger partial charge on any atom is -0.462 e. The van der Waals surface area contributed by atoms with E-state index in [2.05, 4.69) is 50.4 Å². The van der Waals surface area contributed by atoms with Crippen LogP contribution in [0.2, 0.25) is 0 Å². The van der Waals surface area contributed by atoms with Gasteiger partial charge in [0.05, 0.1) is 25.2 Å². The predicted octanol–water partition coefficient (Wildman–Crippen LogP) is 15.1. The Balaban J connectivity index is 4.55. The van der Waals surface area contributed by atoms with E-state index in [-0.39, 0.29) is 24.9 Å². The number of hydrogen-bond donors (Lipinski definition) is 3. The van der Waals surface area contributed by atoms with Gasteiger partial charge in [-0.15, -0.1) is 0 Å². The molecule has 0 aliphatic rings. The SMILES string of the molecule is CCCCCCCC/C=C/CCCCCCCCCC(=O)OC(CCC/C=C\CCCCCCCCC)CC(=O)NC(CO)C(O)CCCCCCCCCCCC. The number of carbonyl (C=O) groups is 2. The van der Waals surface area contributed by atoms with Crippen molar-refractivity contribution in [2.75, 3.05) is 6.61 Å². The third kappa shape index (κ3) is 41.1. The Morgan fingerprint density at radius 2 is 0.845 bits per heavy atom. The lowest BCUT2D eigenvalue weighted by atomic mass is 10.0. The van der Waals surface area contributed by atoms with Crippen LogP contribution in [-0.4, -0.2) is 46.9 Å². The second-order valence-electron chi connectivity index (χ2n) is 17.6. The number of hydrogen-bond acceptors (Lipinski definition) is 5. The largest absolute Gasteiger partial charge is 0.462 e. The van der Waals surface area contributed by atoms with E-state index < -0.39 is 18.2 Å². The molecule has 3 atom stereocenters. The summed E-state index contributed by atoms with van der Waals surface area (Å²) in [6, 6.07) is -0.705. The first-order chi connectivity index (χ1) is 28.5. The summed E-state index contributed by atoms with van der Waals surface area (Å²) in [5.41, 5.74) is 0. The van der Waals surface area contributed by atoms with Crippen molar-refractivity contribution in [3.05, 3.63) is 24.3 Å². The molecule has 0 heterocycles. The first-order valence-corrected chi connectivity index (χ1v) is 25.6. The van der Waals surface area contributed by atoms with Crippen LogP contribution in [0.3, 0.4) is 0 Å². The maximum atomic E-state index is 13.2. The average Bonchev–Trinajstić information content (AvgIpc) is 3.22. The molecule has 6 heteroatoms. The van der Waals surface area contributed by atoms with Crippen molar-refractivity contribution < 1.29 is 24.5 Å². The molecule has 6 nitrogen and oxygen atoms in total. The van der Waals surface area contributed by atoms with Gasteiger partial charge in [0.2, 0.25) is 5.91 Å². The molecular formula is C52H99NO5. The first-order valence-electron chi connectivity index (χ1n) is 25.6. The highest BCUT2D eigenvalue weighted by Gasteiger charge is 2.24. The lowest BCUT2D eigenvalue weighted by molar-refractivity contribution is -0.151. The number of aliphatic hydroxyl groups is 2. The number of unbranched alkanes of at least 4 members (excludes halogenated alkanes) is 30. The normalized spacial score (nSPS) is 13.4. The number of aliphatic hydroxyl groups excluding tert-OH is 2. The van der Waals surface area contributed by atoms with Gasteiger partial charge >= 0.3 is 5.97 Å². The molecule has 3 unspecified atom stereocenters. The van der Waals surface area contributed by atoms with E-state index in [0.717, 1.165) is 57.8 Å². The molecule has 0 radical (unpaired) electrons. The molecule has 0 saturated carbocycles. The van der Waals surface area contributed by atoms with E-state index in [1.807, 2.05) is 0 Å². The van der Waals surface area contributed by atoms with Crippen LogP contribution in [0.15, 0.2) is 24.3 Å². The van der Waals surface area contributed by atoms with Gasteiger partial charge in [0, 0.05) is 6.42 Å². The van der Waals surface area contributed by atoms with Crippen LogP contribution >= 0.6 is 0 Å². The molecule has 0 aromatic carbocycles. The topological polar surface area (TPSA) is 95.9 Å².